The van der Waals surface area contributed by atoms with E-state index < -0.39 is 6.10 Å². The lowest BCUT2D eigenvalue weighted by Gasteiger charge is -2.08. The van der Waals surface area contributed by atoms with Crippen molar-refractivity contribution in [1.29, 1.82) is 0 Å². The number of carbonyl (C=O) groups is 1. The molecule has 6 nitrogen and oxygen atoms in total. The van der Waals surface area contributed by atoms with Crippen LogP contribution in [-0.2, 0) is 0 Å². The highest BCUT2D eigenvalue weighted by Gasteiger charge is 2.10. The molecule has 5 N–H and O–H groups in total. The minimum absolute atomic E-state index is 0.0121. The molecule has 18 heavy (non-hydrogen) atoms. The third-order valence-electron chi connectivity index (χ3n) is 2.38. The molecule has 0 fully saturated rings. The molecular weight excluding hydrogens is 254 g/mol. The van der Waals surface area contributed by atoms with E-state index in [1.807, 2.05) is 0 Å². The van der Waals surface area contributed by atoms with Crippen molar-refractivity contribution in [3.63, 3.8) is 0 Å². The van der Waals surface area contributed by atoms with Gasteiger partial charge in [-0.3, -0.25) is 4.79 Å². The first-order chi connectivity index (χ1) is 8.60. The Balaban J connectivity index is 2.12. The SMILES string of the molecule is Nc1nc2ccc(C(=O)NCC(O)CO)cc2s1. The smallest absolute Gasteiger partial charge is 0.251 e. The molecule has 0 bridgehead atoms. The summed E-state index contributed by atoms with van der Waals surface area (Å²) in [5, 5.41) is 20.8. The van der Waals surface area contributed by atoms with Crippen LogP contribution in [-0.4, -0.2) is 40.4 Å². The third-order valence-corrected chi connectivity index (χ3v) is 3.22. The van der Waals surface area contributed by atoms with Gasteiger partial charge >= 0.3 is 0 Å². The normalized spacial score (nSPS) is 12.6. The van der Waals surface area contributed by atoms with Crippen LogP contribution in [0.4, 0.5) is 5.13 Å². The van der Waals surface area contributed by atoms with Crippen molar-refractivity contribution in [2.24, 2.45) is 0 Å². The van der Waals surface area contributed by atoms with Gasteiger partial charge in [-0.05, 0) is 18.2 Å². The zero-order chi connectivity index (χ0) is 13.1. The van der Waals surface area contributed by atoms with Crippen LogP contribution in [0.25, 0.3) is 10.2 Å². The van der Waals surface area contributed by atoms with Crippen molar-refractivity contribution in [2.45, 2.75) is 6.10 Å². The maximum atomic E-state index is 11.8. The number of thiazole rings is 1. The first kappa shape index (κ1) is 12.7. The number of aliphatic hydroxyl groups excluding tert-OH is 2. The van der Waals surface area contributed by atoms with Crippen LogP contribution < -0.4 is 11.1 Å². The molecule has 2 aromatic rings. The van der Waals surface area contributed by atoms with Gasteiger partial charge in [0.15, 0.2) is 5.13 Å². The topological polar surface area (TPSA) is 108 Å². The summed E-state index contributed by atoms with van der Waals surface area (Å²) in [5.74, 6) is -0.309. The summed E-state index contributed by atoms with van der Waals surface area (Å²) in [6.45, 7) is -0.372. The Morgan fingerprint density at radius 2 is 2.33 bits per heavy atom. The van der Waals surface area contributed by atoms with Crippen LogP contribution in [0.1, 0.15) is 10.4 Å². The largest absolute Gasteiger partial charge is 0.394 e. The first-order valence-corrected chi connectivity index (χ1v) is 6.15. The second kappa shape index (κ2) is 5.30. The molecule has 0 aliphatic heterocycles. The number of hydrogen-bond donors (Lipinski definition) is 4. The Kier molecular flexibility index (Phi) is 3.75. The molecule has 0 aliphatic carbocycles. The zero-order valence-electron chi connectivity index (χ0n) is 9.46. The van der Waals surface area contributed by atoms with E-state index in [1.165, 1.54) is 11.3 Å². The quantitative estimate of drug-likeness (QED) is 0.621. The highest BCUT2D eigenvalue weighted by molar-refractivity contribution is 7.22. The number of carbonyl (C=O) groups excluding carboxylic acids is 1. The number of nitrogens with two attached hydrogens (primary N) is 1. The first-order valence-electron chi connectivity index (χ1n) is 5.33. The van der Waals surface area contributed by atoms with Gasteiger partial charge in [-0.1, -0.05) is 11.3 Å². The highest BCUT2D eigenvalue weighted by Crippen LogP contribution is 2.24. The predicted molar refractivity (Wildman–Crippen MR) is 69.5 cm³/mol. The minimum atomic E-state index is -0.947. The molecular formula is C11H13N3O3S. The maximum absolute atomic E-state index is 11.8. The number of anilines is 1. The number of aliphatic hydroxyl groups is 2. The van der Waals surface area contributed by atoms with E-state index in [1.54, 1.807) is 18.2 Å². The number of aromatic nitrogens is 1. The number of nitrogens with zero attached hydrogens (tertiary/aromatic N) is 1. The van der Waals surface area contributed by atoms with E-state index in [2.05, 4.69) is 10.3 Å². The molecule has 1 atom stereocenters. The number of fused-ring (bicyclic) bond motifs is 1. The van der Waals surface area contributed by atoms with Gasteiger partial charge < -0.3 is 21.3 Å². The standard InChI is InChI=1S/C11H13N3O3S/c12-11-14-8-2-1-6(3-9(8)18-11)10(17)13-4-7(16)5-15/h1-3,7,15-16H,4-5H2,(H2,12,14)(H,13,17). The molecule has 0 saturated heterocycles. The van der Waals surface area contributed by atoms with E-state index in [4.69, 9.17) is 15.9 Å². The Labute approximate surface area is 107 Å². The van der Waals surface area contributed by atoms with E-state index >= 15 is 0 Å². The molecule has 7 heteroatoms. The lowest BCUT2D eigenvalue weighted by Crippen LogP contribution is -2.33. The molecule has 0 spiro atoms. The number of amides is 1. The maximum Gasteiger partial charge on any atom is 0.251 e. The van der Waals surface area contributed by atoms with Gasteiger partial charge in [-0.2, -0.15) is 0 Å². The van der Waals surface area contributed by atoms with Crippen molar-refractivity contribution in [3.8, 4) is 0 Å². The van der Waals surface area contributed by atoms with Crippen LogP contribution in [0.2, 0.25) is 0 Å². The number of nitrogen functional groups attached to an aromatic ring is 1. The van der Waals surface area contributed by atoms with Crippen LogP contribution in [0.3, 0.4) is 0 Å². The zero-order valence-corrected chi connectivity index (χ0v) is 10.3. The summed E-state index contributed by atoms with van der Waals surface area (Å²) in [6.07, 6.45) is -0.947. The van der Waals surface area contributed by atoms with Crippen molar-refractivity contribution in [2.75, 3.05) is 18.9 Å². The molecule has 96 valence electrons. The van der Waals surface area contributed by atoms with Crippen LogP contribution >= 0.6 is 11.3 Å². The lowest BCUT2D eigenvalue weighted by atomic mass is 10.2. The van der Waals surface area contributed by atoms with Gasteiger partial charge in [0.2, 0.25) is 0 Å². The number of rotatable bonds is 4. The van der Waals surface area contributed by atoms with Gasteiger partial charge in [0, 0.05) is 12.1 Å². The van der Waals surface area contributed by atoms with E-state index in [0.717, 1.165) is 10.2 Å². The van der Waals surface area contributed by atoms with Crippen molar-refractivity contribution in [1.82, 2.24) is 10.3 Å². The lowest BCUT2D eigenvalue weighted by molar-refractivity contribution is 0.0802. The highest BCUT2D eigenvalue weighted by atomic mass is 32.1. The molecule has 0 radical (unpaired) electrons. The van der Waals surface area contributed by atoms with Crippen LogP contribution in [0.15, 0.2) is 18.2 Å². The predicted octanol–water partition coefficient (Wildman–Crippen LogP) is -0.0385. The fourth-order valence-corrected chi connectivity index (χ4v) is 2.23. The second-order valence-corrected chi connectivity index (χ2v) is 4.84. The summed E-state index contributed by atoms with van der Waals surface area (Å²) in [6, 6.07) is 5.06. The van der Waals surface area contributed by atoms with Crippen molar-refractivity contribution < 1.29 is 15.0 Å². The Hall–Kier alpha value is -1.70. The van der Waals surface area contributed by atoms with Gasteiger partial charge in [0.05, 0.1) is 22.9 Å². The summed E-state index contributed by atoms with van der Waals surface area (Å²) < 4.78 is 0.836. The second-order valence-electron chi connectivity index (χ2n) is 3.78. The minimum Gasteiger partial charge on any atom is -0.394 e. The number of hydrogen-bond acceptors (Lipinski definition) is 6. The third kappa shape index (κ3) is 2.76. The van der Waals surface area contributed by atoms with Crippen LogP contribution in [0.5, 0.6) is 0 Å². The summed E-state index contributed by atoms with van der Waals surface area (Å²) in [4.78, 5) is 15.9. The molecule has 1 aromatic carbocycles. The van der Waals surface area contributed by atoms with Gasteiger partial charge in [-0.25, -0.2) is 4.98 Å². The molecule has 2 rings (SSSR count). The van der Waals surface area contributed by atoms with Gasteiger partial charge in [-0.15, -0.1) is 0 Å². The summed E-state index contributed by atoms with van der Waals surface area (Å²) in [7, 11) is 0. The number of nitrogens with one attached hydrogen (secondary N) is 1. The van der Waals surface area contributed by atoms with Gasteiger partial charge in [0.1, 0.15) is 0 Å². The number of benzene rings is 1. The molecule has 1 heterocycles. The molecule has 1 aromatic heterocycles. The Morgan fingerprint density at radius 3 is 3.06 bits per heavy atom. The molecule has 1 unspecified atom stereocenters. The fourth-order valence-electron chi connectivity index (χ4n) is 1.46. The fraction of sp³-hybridized carbons (Fsp3) is 0.273. The average Bonchev–Trinajstić information content (AvgIpc) is 2.74. The van der Waals surface area contributed by atoms with Gasteiger partial charge in [0.25, 0.3) is 5.91 Å². The monoisotopic (exact) mass is 267 g/mol. The van der Waals surface area contributed by atoms with Crippen molar-refractivity contribution >= 4 is 32.6 Å². The van der Waals surface area contributed by atoms with Crippen LogP contribution in [0, 0.1) is 0 Å². The van der Waals surface area contributed by atoms with Crippen molar-refractivity contribution in [3.05, 3.63) is 23.8 Å². The average molecular weight is 267 g/mol. The molecule has 0 saturated carbocycles. The Morgan fingerprint density at radius 1 is 1.56 bits per heavy atom. The van der Waals surface area contributed by atoms with E-state index in [0.29, 0.717) is 10.7 Å². The molecule has 1 amide bonds. The molecule has 0 aliphatic rings. The Bertz CT molecular complexity index is 570. The van der Waals surface area contributed by atoms with E-state index in [9.17, 15) is 4.79 Å². The van der Waals surface area contributed by atoms with E-state index in [-0.39, 0.29) is 19.1 Å². The summed E-state index contributed by atoms with van der Waals surface area (Å²) in [5.41, 5.74) is 6.80. The summed E-state index contributed by atoms with van der Waals surface area (Å²) >= 11 is 1.31.